The fraction of sp³-hybridized carbons (Fsp3) is 0.286. The van der Waals surface area contributed by atoms with Crippen molar-refractivity contribution in [3.05, 3.63) is 41.6 Å². The van der Waals surface area contributed by atoms with Gasteiger partial charge in [0.1, 0.15) is 11.6 Å². The first kappa shape index (κ1) is 13.9. The van der Waals surface area contributed by atoms with Crippen LogP contribution in [-0.4, -0.2) is 22.9 Å². The Hall–Kier alpha value is -2.50. The molecule has 0 atom stereocenters. The summed E-state index contributed by atoms with van der Waals surface area (Å²) in [4.78, 5) is 11.8. The van der Waals surface area contributed by atoms with Crippen molar-refractivity contribution in [2.24, 2.45) is 7.05 Å². The SMILES string of the molecule is COc1cccc(CNC(=O)Nc2cc(C)nn2C)c1. The van der Waals surface area contributed by atoms with E-state index < -0.39 is 0 Å². The number of aryl methyl sites for hydroxylation is 2. The van der Waals surface area contributed by atoms with Gasteiger partial charge in [-0.2, -0.15) is 5.10 Å². The van der Waals surface area contributed by atoms with Crippen LogP contribution in [0.5, 0.6) is 5.75 Å². The molecule has 0 radical (unpaired) electrons. The highest BCUT2D eigenvalue weighted by molar-refractivity contribution is 5.88. The van der Waals surface area contributed by atoms with Crippen molar-refractivity contribution in [1.82, 2.24) is 15.1 Å². The van der Waals surface area contributed by atoms with E-state index in [1.54, 1.807) is 18.8 Å². The molecule has 2 aromatic rings. The smallest absolute Gasteiger partial charge is 0.320 e. The Morgan fingerprint density at radius 1 is 1.40 bits per heavy atom. The quantitative estimate of drug-likeness (QED) is 0.896. The maximum Gasteiger partial charge on any atom is 0.320 e. The van der Waals surface area contributed by atoms with Crippen LogP contribution in [0.15, 0.2) is 30.3 Å². The van der Waals surface area contributed by atoms with Crippen LogP contribution in [-0.2, 0) is 13.6 Å². The van der Waals surface area contributed by atoms with E-state index in [2.05, 4.69) is 15.7 Å². The topological polar surface area (TPSA) is 68.2 Å². The number of nitrogens with zero attached hydrogens (tertiary/aromatic N) is 2. The van der Waals surface area contributed by atoms with E-state index in [9.17, 15) is 4.79 Å². The van der Waals surface area contributed by atoms with E-state index in [0.717, 1.165) is 17.0 Å². The lowest BCUT2D eigenvalue weighted by Crippen LogP contribution is -2.29. The normalized spacial score (nSPS) is 10.2. The van der Waals surface area contributed by atoms with Crippen LogP contribution in [0.4, 0.5) is 10.6 Å². The van der Waals surface area contributed by atoms with Crippen molar-refractivity contribution in [3.8, 4) is 5.75 Å². The number of rotatable bonds is 4. The molecule has 0 spiro atoms. The number of methoxy groups -OCH3 is 1. The summed E-state index contributed by atoms with van der Waals surface area (Å²) >= 11 is 0. The van der Waals surface area contributed by atoms with E-state index in [1.807, 2.05) is 37.3 Å². The maximum atomic E-state index is 11.8. The summed E-state index contributed by atoms with van der Waals surface area (Å²) in [6.45, 7) is 2.30. The van der Waals surface area contributed by atoms with Gasteiger partial charge < -0.3 is 10.1 Å². The molecule has 0 saturated carbocycles. The summed E-state index contributed by atoms with van der Waals surface area (Å²) in [6.07, 6.45) is 0. The Labute approximate surface area is 117 Å². The van der Waals surface area contributed by atoms with Gasteiger partial charge in [-0.05, 0) is 24.6 Å². The van der Waals surface area contributed by atoms with Crippen LogP contribution in [0.3, 0.4) is 0 Å². The predicted octanol–water partition coefficient (Wildman–Crippen LogP) is 2.06. The van der Waals surface area contributed by atoms with Gasteiger partial charge in [-0.25, -0.2) is 4.79 Å². The molecular formula is C14H18N4O2. The van der Waals surface area contributed by atoms with Crippen molar-refractivity contribution in [2.45, 2.75) is 13.5 Å². The second-order valence-corrected chi connectivity index (χ2v) is 4.45. The third-order valence-electron chi connectivity index (χ3n) is 2.83. The number of carbonyl (C=O) groups is 1. The van der Waals surface area contributed by atoms with Crippen LogP contribution < -0.4 is 15.4 Å². The van der Waals surface area contributed by atoms with Gasteiger partial charge in [0.25, 0.3) is 0 Å². The molecule has 1 aromatic heterocycles. The Morgan fingerprint density at radius 2 is 2.20 bits per heavy atom. The van der Waals surface area contributed by atoms with E-state index in [0.29, 0.717) is 12.4 Å². The number of carbonyl (C=O) groups excluding carboxylic acids is 1. The predicted molar refractivity (Wildman–Crippen MR) is 76.8 cm³/mol. The van der Waals surface area contributed by atoms with Crippen molar-refractivity contribution >= 4 is 11.8 Å². The maximum absolute atomic E-state index is 11.8. The summed E-state index contributed by atoms with van der Waals surface area (Å²) in [7, 11) is 3.40. The summed E-state index contributed by atoms with van der Waals surface area (Å²) in [6, 6.07) is 9.10. The Bertz CT molecular complexity index is 607. The molecule has 0 aliphatic heterocycles. The van der Waals surface area contributed by atoms with E-state index in [1.165, 1.54) is 0 Å². The molecule has 1 aromatic carbocycles. The highest BCUT2D eigenvalue weighted by Gasteiger charge is 2.06. The molecule has 0 aliphatic carbocycles. The lowest BCUT2D eigenvalue weighted by atomic mass is 10.2. The van der Waals surface area contributed by atoms with E-state index in [-0.39, 0.29) is 6.03 Å². The minimum Gasteiger partial charge on any atom is -0.497 e. The zero-order valence-electron chi connectivity index (χ0n) is 11.8. The van der Waals surface area contributed by atoms with Crippen LogP contribution in [0, 0.1) is 6.92 Å². The average Bonchev–Trinajstić information content (AvgIpc) is 2.75. The number of anilines is 1. The van der Waals surface area contributed by atoms with Crippen molar-refractivity contribution < 1.29 is 9.53 Å². The molecule has 0 aliphatic rings. The number of nitrogens with one attached hydrogen (secondary N) is 2. The third kappa shape index (κ3) is 3.50. The molecule has 2 amide bonds. The van der Waals surface area contributed by atoms with Crippen molar-refractivity contribution in [1.29, 1.82) is 0 Å². The minimum atomic E-state index is -0.268. The summed E-state index contributed by atoms with van der Waals surface area (Å²) in [5.74, 6) is 1.43. The van der Waals surface area contributed by atoms with Crippen LogP contribution in [0.1, 0.15) is 11.3 Å². The second-order valence-electron chi connectivity index (χ2n) is 4.45. The summed E-state index contributed by atoms with van der Waals surface area (Å²) in [5.41, 5.74) is 1.83. The summed E-state index contributed by atoms with van der Waals surface area (Å²) in [5, 5.41) is 9.70. The molecule has 0 bridgehead atoms. The number of aromatic nitrogens is 2. The number of ether oxygens (including phenoxy) is 1. The third-order valence-corrected chi connectivity index (χ3v) is 2.83. The first-order valence-electron chi connectivity index (χ1n) is 6.27. The first-order chi connectivity index (χ1) is 9.58. The molecule has 106 valence electrons. The Morgan fingerprint density at radius 3 is 2.85 bits per heavy atom. The lowest BCUT2D eigenvalue weighted by molar-refractivity contribution is 0.251. The molecule has 2 rings (SSSR count). The Kier molecular flexibility index (Phi) is 4.24. The number of hydrogen-bond donors (Lipinski definition) is 2. The zero-order chi connectivity index (χ0) is 14.5. The second kappa shape index (κ2) is 6.10. The van der Waals surface area contributed by atoms with Gasteiger partial charge >= 0.3 is 6.03 Å². The van der Waals surface area contributed by atoms with Gasteiger partial charge in [-0.15, -0.1) is 0 Å². The fourth-order valence-corrected chi connectivity index (χ4v) is 1.85. The first-order valence-corrected chi connectivity index (χ1v) is 6.27. The van der Waals surface area contributed by atoms with Gasteiger partial charge in [0.2, 0.25) is 0 Å². The molecule has 2 N–H and O–H groups in total. The van der Waals surface area contributed by atoms with Gasteiger partial charge in [0.05, 0.1) is 12.8 Å². The standard InChI is InChI=1S/C14H18N4O2/c1-10-7-13(18(2)17-10)16-14(19)15-9-11-5-4-6-12(8-11)20-3/h4-8H,9H2,1-3H3,(H2,15,16,19). The highest BCUT2D eigenvalue weighted by Crippen LogP contribution is 2.12. The molecule has 6 nitrogen and oxygen atoms in total. The molecule has 20 heavy (non-hydrogen) atoms. The number of benzene rings is 1. The fourth-order valence-electron chi connectivity index (χ4n) is 1.85. The van der Waals surface area contributed by atoms with Crippen LogP contribution >= 0.6 is 0 Å². The van der Waals surface area contributed by atoms with Gasteiger partial charge in [-0.3, -0.25) is 10.00 Å². The van der Waals surface area contributed by atoms with E-state index in [4.69, 9.17) is 4.74 Å². The Balaban J connectivity index is 1.90. The number of hydrogen-bond acceptors (Lipinski definition) is 3. The molecular weight excluding hydrogens is 256 g/mol. The largest absolute Gasteiger partial charge is 0.497 e. The molecule has 0 fully saturated rings. The van der Waals surface area contributed by atoms with Crippen molar-refractivity contribution in [3.63, 3.8) is 0 Å². The highest BCUT2D eigenvalue weighted by atomic mass is 16.5. The minimum absolute atomic E-state index is 0.268. The molecule has 1 heterocycles. The van der Waals surface area contributed by atoms with Crippen LogP contribution in [0.25, 0.3) is 0 Å². The van der Waals surface area contributed by atoms with Crippen molar-refractivity contribution in [2.75, 3.05) is 12.4 Å². The molecule has 0 saturated heterocycles. The monoisotopic (exact) mass is 274 g/mol. The van der Waals surface area contributed by atoms with Gasteiger partial charge in [0, 0.05) is 19.7 Å². The van der Waals surface area contributed by atoms with Gasteiger partial charge in [-0.1, -0.05) is 12.1 Å². The van der Waals surface area contributed by atoms with Gasteiger partial charge in [0.15, 0.2) is 0 Å². The molecule has 6 heteroatoms. The summed E-state index contributed by atoms with van der Waals surface area (Å²) < 4.78 is 6.76. The average molecular weight is 274 g/mol. The zero-order valence-corrected chi connectivity index (χ0v) is 11.8. The van der Waals surface area contributed by atoms with Crippen LogP contribution in [0.2, 0.25) is 0 Å². The van der Waals surface area contributed by atoms with E-state index >= 15 is 0 Å². The lowest BCUT2D eigenvalue weighted by Gasteiger charge is -2.08. The number of amides is 2. The number of urea groups is 1. The molecule has 0 unspecified atom stereocenters.